The van der Waals surface area contributed by atoms with Gasteiger partial charge in [-0.15, -0.1) is 0 Å². The predicted molar refractivity (Wildman–Crippen MR) is 158 cm³/mol. The van der Waals surface area contributed by atoms with Gasteiger partial charge in [-0.3, -0.25) is 13.9 Å². The van der Waals surface area contributed by atoms with E-state index in [-0.39, 0.29) is 28.1 Å². The molecule has 2 amide bonds. The number of sulfonamides is 1. The summed E-state index contributed by atoms with van der Waals surface area (Å²) < 4.78 is 33.9. The summed E-state index contributed by atoms with van der Waals surface area (Å²) in [4.78, 5) is 28.4. The molecule has 0 aliphatic rings. The van der Waals surface area contributed by atoms with Crippen molar-refractivity contribution in [1.82, 2.24) is 10.2 Å². The Morgan fingerprint density at radius 3 is 2.38 bits per heavy atom. The summed E-state index contributed by atoms with van der Waals surface area (Å²) in [6.45, 7) is 5.69. The molecule has 0 saturated heterocycles. The number of carbonyl (C=O) groups is 2. The summed E-state index contributed by atoms with van der Waals surface area (Å²) in [5.74, 6) is -0.474. The number of unbranched alkanes of at least 4 members (excludes halogenated alkanes) is 1. The number of carbonyl (C=O) groups excluding carboxylic acids is 2. The second kappa shape index (κ2) is 14.2. The lowest BCUT2D eigenvalue weighted by atomic mass is 10.1. The second-order valence-corrected chi connectivity index (χ2v) is 11.7. The molecule has 0 bridgehead atoms. The molecule has 214 valence electrons. The maximum atomic E-state index is 14.0. The maximum absolute atomic E-state index is 14.0. The molecule has 0 radical (unpaired) electrons. The van der Waals surface area contributed by atoms with E-state index in [2.05, 4.69) is 5.32 Å². The van der Waals surface area contributed by atoms with Crippen molar-refractivity contribution < 1.29 is 22.7 Å². The highest BCUT2D eigenvalue weighted by Gasteiger charge is 2.32. The first-order valence-electron chi connectivity index (χ1n) is 13.1. The SMILES string of the molecule is CCCCNC(=O)[C@@H](C)N(Cc1cccc(C)c1)C(=O)CN(c1ccc(OC)c(Cl)c1)S(=O)(=O)c1ccccc1. The molecule has 0 heterocycles. The quantitative estimate of drug-likeness (QED) is 0.279. The summed E-state index contributed by atoms with van der Waals surface area (Å²) in [5, 5.41) is 3.08. The van der Waals surface area contributed by atoms with Crippen LogP contribution in [0.25, 0.3) is 0 Å². The topological polar surface area (TPSA) is 96.0 Å². The molecular weight excluding hydrogens is 550 g/mol. The molecule has 0 fully saturated rings. The lowest BCUT2D eigenvalue weighted by molar-refractivity contribution is -0.139. The normalized spacial score (nSPS) is 11.9. The van der Waals surface area contributed by atoms with E-state index in [1.165, 1.54) is 36.3 Å². The second-order valence-electron chi connectivity index (χ2n) is 9.47. The lowest BCUT2D eigenvalue weighted by Crippen LogP contribution is -2.51. The van der Waals surface area contributed by atoms with E-state index in [9.17, 15) is 18.0 Å². The van der Waals surface area contributed by atoms with Crippen molar-refractivity contribution in [3.63, 3.8) is 0 Å². The van der Waals surface area contributed by atoms with E-state index < -0.39 is 28.5 Å². The van der Waals surface area contributed by atoms with Gasteiger partial charge >= 0.3 is 0 Å². The molecular formula is C30H36ClN3O5S. The van der Waals surface area contributed by atoms with E-state index in [0.29, 0.717) is 12.3 Å². The van der Waals surface area contributed by atoms with Crippen molar-refractivity contribution in [1.29, 1.82) is 0 Å². The van der Waals surface area contributed by atoms with Crippen molar-refractivity contribution in [3.8, 4) is 5.75 Å². The standard InChI is InChI=1S/C30H36ClN3O5S/c1-5-6-17-32-30(36)23(3)33(20-24-12-10-11-22(2)18-24)29(35)21-34(25-15-16-28(39-4)27(31)19-25)40(37,38)26-13-8-7-9-14-26/h7-16,18-19,23H,5-6,17,20-21H2,1-4H3,(H,32,36)/t23-/m1/s1. The largest absolute Gasteiger partial charge is 0.495 e. The van der Waals surface area contributed by atoms with Crippen LogP contribution in [0.3, 0.4) is 0 Å². The lowest BCUT2D eigenvalue weighted by Gasteiger charge is -2.32. The number of anilines is 1. The van der Waals surface area contributed by atoms with E-state index >= 15 is 0 Å². The fraction of sp³-hybridized carbons (Fsp3) is 0.333. The van der Waals surface area contributed by atoms with Crippen LogP contribution in [0, 0.1) is 6.92 Å². The van der Waals surface area contributed by atoms with E-state index in [0.717, 1.165) is 28.3 Å². The van der Waals surface area contributed by atoms with E-state index in [1.54, 1.807) is 31.2 Å². The van der Waals surface area contributed by atoms with E-state index in [4.69, 9.17) is 16.3 Å². The molecule has 0 aromatic heterocycles. The number of nitrogens with one attached hydrogen (secondary N) is 1. The number of amides is 2. The third kappa shape index (κ3) is 7.76. The third-order valence-corrected chi connectivity index (χ3v) is 8.55. The van der Waals surface area contributed by atoms with Crippen LogP contribution < -0.4 is 14.4 Å². The Morgan fingerprint density at radius 1 is 1.02 bits per heavy atom. The van der Waals surface area contributed by atoms with Crippen LogP contribution in [0.15, 0.2) is 77.7 Å². The molecule has 3 aromatic carbocycles. The zero-order valence-corrected chi connectivity index (χ0v) is 24.8. The molecule has 0 unspecified atom stereocenters. The van der Waals surface area contributed by atoms with Crippen molar-refractivity contribution in [2.75, 3.05) is 24.5 Å². The van der Waals surface area contributed by atoms with Crippen LogP contribution in [-0.2, 0) is 26.2 Å². The molecule has 3 rings (SSSR count). The molecule has 3 aromatic rings. The Morgan fingerprint density at radius 2 is 1.75 bits per heavy atom. The highest BCUT2D eigenvalue weighted by Crippen LogP contribution is 2.32. The molecule has 1 N–H and O–H groups in total. The summed E-state index contributed by atoms with van der Waals surface area (Å²) >= 11 is 6.35. The Balaban J connectivity index is 2.02. The minimum Gasteiger partial charge on any atom is -0.495 e. The van der Waals surface area contributed by atoms with Gasteiger partial charge in [-0.25, -0.2) is 8.42 Å². The monoisotopic (exact) mass is 585 g/mol. The van der Waals surface area contributed by atoms with Gasteiger partial charge in [-0.1, -0.05) is 73.0 Å². The summed E-state index contributed by atoms with van der Waals surface area (Å²) in [6.07, 6.45) is 1.73. The zero-order valence-electron chi connectivity index (χ0n) is 23.3. The molecule has 1 atom stereocenters. The first-order chi connectivity index (χ1) is 19.1. The Labute approximate surface area is 241 Å². The van der Waals surface area contributed by atoms with Crippen molar-refractivity contribution in [2.24, 2.45) is 0 Å². The fourth-order valence-electron chi connectivity index (χ4n) is 4.18. The van der Waals surface area contributed by atoms with Gasteiger partial charge < -0.3 is 15.0 Å². The van der Waals surface area contributed by atoms with Gasteiger partial charge in [0, 0.05) is 13.1 Å². The number of methoxy groups -OCH3 is 1. The number of hydrogen-bond donors (Lipinski definition) is 1. The number of hydrogen-bond acceptors (Lipinski definition) is 5. The average Bonchev–Trinajstić information content (AvgIpc) is 2.94. The third-order valence-electron chi connectivity index (χ3n) is 6.47. The van der Waals surface area contributed by atoms with Crippen molar-refractivity contribution in [3.05, 3.63) is 88.9 Å². The average molecular weight is 586 g/mol. The van der Waals surface area contributed by atoms with E-state index in [1.807, 2.05) is 38.1 Å². The number of aryl methyl sites for hydroxylation is 1. The Bertz CT molecular complexity index is 1420. The molecule has 8 nitrogen and oxygen atoms in total. The number of rotatable bonds is 13. The molecule has 0 saturated carbocycles. The minimum atomic E-state index is -4.18. The molecule has 0 aliphatic carbocycles. The van der Waals surface area contributed by atoms with Gasteiger partial charge in [0.25, 0.3) is 10.0 Å². The summed E-state index contributed by atoms with van der Waals surface area (Å²) in [5.41, 5.74) is 2.02. The van der Waals surface area contributed by atoms with Crippen LogP contribution in [0.4, 0.5) is 5.69 Å². The van der Waals surface area contributed by atoms with Crippen LogP contribution in [0.5, 0.6) is 5.75 Å². The molecule has 0 spiro atoms. The van der Waals surface area contributed by atoms with Gasteiger partial charge in [0.1, 0.15) is 18.3 Å². The van der Waals surface area contributed by atoms with Gasteiger partial charge in [0.2, 0.25) is 11.8 Å². The Kier molecular flexibility index (Phi) is 11.0. The summed E-state index contributed by atoms with van der Waals surface area (Å²) in [6, 6.07) is 19.2. The summed E-state index contributed by atoms with van der Waals surface area (Å²) in [7, 11) is -2.72. The van der Waals surface area contributed by atoms with Gasteiger partial charge in [0.05, 0.1) is 22.7 Å². The first kappa shape index (κ1) is 31.0. The highest BCUT2D eigenvalue weighted by atomic mass is 35.5. The minimum absolute atomic E-state index is 0.0188. The number of ether oxygens (including phenoxy) is 1. The van der Waals surface area contributed by atoms with Crippen LogP contribution in [0.1, 0.15) is 37.8 Å². The Hall–Kier alpha value is -3.56. The molecule has 40 heavy (non-hydrogen) atoms. The van der Waals surface area contributed by atoms with Crippen molar-refractivity contribution >= 4 is 39.1 Å². The smallest absolute Gasteiger partial charge is 0.264 e. The fourth-order valence-corrected chi connectivity index (χ4v) is 5.86. The first-order valence-corrected chi connectivity index (χ1v) is 14.9. The van der Waals surface area contributed by atoms with Crippen molar-refractivity contribution in [2.45, 2.75) is 51.1 Å². The van der Waals surface area contributed by atoms with Gasteiger partial charge in [-0.05, 0) is 56.2 Å². The van der Waals surface area contributed by atoms with Gasteiger partial charge in [-0.2, -0.15) is 0 Å². The predicted octanol–water partition coefficient (Wildman–Crippen LogP) is 5.19. The van der Waals surface area contributed by atoms with Crippen LogP contribution in [0.2, 0.25) is 5.02 Å². The molecule has 0 aliphatic heterocycles. The van der Waals surface area contributed by atoms with Crippen LogP contribution in [-0.4, -0.2) is 51.4 Å². The number of benzene rings is 3. The molecule has 10 heteroatoms. The number of nitrogens with zero attached hydrogens (tertiary/aromatic N) is 2. The highest BCUT2D eigenvalue weighted by molar-refractivity contribution is 7.92. The van der Waals surface area contributed by atoms with Gasteiger partial charge in [0.15, 0.2) is 0 Å². The number of halogens is 1. The van der Waals surface area contributed by atoms with Crippen LogP contribution >= 0.6 is 11.6 Å². The zero-order chi connectivity index (χ0) is 29.3. The maximum Gasteiger partial charge on any atom is 0.264 e.